The molecule has 0 fully saturated rings. The van der Waals surface area contributed by atoms with Gasteiger partial charge in [-0.2, -0.15) is 13.2 Å². The van der Waals surface area contributed by atoms with Crippen molar-refractivity contribution in [2.24, 2.45) is 17.4 Å². The summed E-state index contributed by atoms with van der Waals surface area (Å²) in [5, 5.41) is 0. The predicted octanol–water partition coefficient (Wildman–Crippen LogP) is 3.64. The molecule has 6 heteroatoms. The van der Waals surface area contributed by atoms with Crippen LogP contribution in [0.25, 0.3) is 5.70 Å². The van der Waals surface area contributed by atoms with Gasteiger partial charge < -0.3 is 11.5 Å². The maximum Gasteiger partial charge on any atom is 0.416 e. The minimum atomic E-state index is -4.58. The quantitative estimate of drug-likeness (QED) is 0.659. The first-order chi connectivity index (χ1) is 9.12. The van der Waals surface area contributed by atoms with Crippen molar-refractivity contribution in [2.75, 3.05) is 0 Å². The van der Waals surface area contributed by atoms with Gasteiger partial charge in [-0.15, -0.1) is 0 Å². The highest BCUT2D eigenvalue weighted by Crippen LogP contribution is 2.31. The number of rotatable bonds is 3. The summed E-state index contributed by atoms with van der Waals surface area (Å²) in [7, 11) is 0. The van der Waals surface area contributed by atoms with Crippen molar-refractivity contribution in [1.82, 2.24) is 0 Å². The molecule has 0 bridgehead atoms. The Morgan fingerprint density at radius 2 is 1.75 bits per heavy atom. The third-order valence-corrected chi connectivity index (χ3v) is 2.73. The number of allylic oxidation sites excluding steroid dienone is 3. The van der Waals surface area contributed by atoms with Crippen LogP contribution in [0.3, 0.4) is 0 Å². The van der Waals surface area contributed by atoms with E-state index in [4.69, 9.17) is 11.5 Å². The molecular weight excluding hydrogens is 272 g/mol. The second-order valence-corrected chi connectivity index (χ2v) is 4.64. The van der Waals surface area contributed by atoms with Crippen molar-refractivity contribution in [3.8, 4) is 0 Å². The normalized spacial score (nSPS) is 13.9. The second kappa shape index (κ2) is 5.98. The minimum Gasteiger partial charge on any atom is -0.402 e. The predicted molar refractivity (Wildman–Crippen MR) is 70.7 cm³/mol. The molecule has 0 heterocycles. The SMILES string of the molecule is CC(C)/C(N)=C/C=C(\N)c1ccc(C(F)(F)F)cc1F. The molecule has 0 unspecified atom stereocenters. The summed E-state index contributed by atoms with van der Waals surface area (Å²) in [6.07, 6.45) is -1.70. The number of hydrogen-bond donors (Lipinski definition) is 2. The molecule has 0 atom stereocenters. The second-order valence-electron chi connectivity index (χ2n) is 4.64. The van der Waals surface area contributed by atoms with Gasteiger partial charge in [-0.3, -0.25) is 0 Å². The molecule has 0 radical (unpaired) electrons. The Labute approximate surface area is 114 Å². The van der Waals surface area contributed by atoms with Crippen molar-refractivity contribution < 1.29 is 17.6 Å². The van der Waals surface area contributed by atoms with E-state index in [9.17, 15) is 17.6 Å². The van der Waals surface area contributed by atoms with E-state index in [1.807, 2.05) is 13.8 Å². The summed E-state index contributed by atoms with van der Waals surface area (Å²) in [5.41, 5.74) is 10.7. The molecule has 0 aliphatic heterocycles. The summed E-state index contributed by atoms with van der Waals surface area (Å²) < 4.78 is 50.9. The van der Waals surface area contributed by atoms with Crippen LogP contribution in [0.15, 0.2) is 36.0 Å². The van der Waals surface area contributed by atoms with E-state index in [2.05, 4.69) is 0 Å². The molecule has 20 heavy (non-hydrogen) atoms. The highest BCUT2D eigenvalue weighted by Gasteiger charge is 2.31. The van der Waals surface area contributed by atoms with Gasteiger partial charge in [0, 0.05) is 17.0 Å². The zero-order valence-electron chi connectivity index (χ0n) is 11.1. The van der Waals surface area contributed by atoms with Crippen LogP contribution in [0.5, 0.6) is 0 Å². The lowest BCUT2D eigenvalue weighted by Gasteiger charge is -2.09. The van der Waals surface area contributed by atoms with E-state index in [-0.39, 0.29) is 17.2 Å². The van der Waals surface area contributed by atoms with E-state index in [1.165, 1.54) is 12.2 Å². The third-order valence-electron chi connectivity index (χ3n) is 2.73. The fourth-order valence-corrected chi connectivity index (χ4v) is 1.39. The van der Waals surface area contributed by atoms with Crippen LogP contribution >= 0.6 is 0 Å². The molecule has 1 rings (SSSR count). The van der Waals surface area contributed by atoms with Crippen LogP contribution in [-0.2, 0) is 6.18 Å². The molecule has 0 spiro atoms. The number of nitrogens with two attached hydrogens (primary N) is 2. The van der Waals surface area contributed by atoms with Crippen molar-refractivity contribution in [3.63, 3.8) is 0 Å². The standard InChI is InChI=1S/C14H16F4N2/c1-8(2)12(19)5-6-13(20)10-4-3-9(7-11(10)15)14(16,17)18/h3-8H,19-20H2,1-2H3/b12-5-,13-6-. The fourth-order valence-electron chi connectivity index (χ4n) is 1.39. The van der Waals surface area contributed by atoms with Gasteiger partial charge in [0.05, 0.1) is 5.56 Å². The lowest BCUT2D eigenvalue weighted by atomic mass is 10.1. The Kier molecular flexibility index (Phi) is 4.81. The zero-order chi connectivity index (χ0) is 15.5. The van der Waals surface area contributed by atoms with Gasteiger partial charge in [0.15, 0.2) is 0 Å². The molecule has 0 saturated carbocycles. The van der Waals surface area contributed by atoms with Gasteiger partial charge in [0.25, 0.3) is 0 Å². The first-order valence-corrected chi connectivity index (χ1v) is 5.93. The molecule has 0 aromatic heterocycles. The van der Waals surface area contributed by atoms with Crippen molar-refractivity contribution >= 4 is 5.70 Å². The molecule has 4 N–H and O–H groups in total. The smallest absolute Gasteiger partial charge is 0.402 e. The van der Waals surface area contributed by atoms with Crippen LogP contribution in [0, 0.1) is 11.7 Å². The van der Waals surface area contributed by atoms with Crippen molar-refractivity contribution in [2.45, 2.75) is 20.0 Å². The summed E-state index contributed by atoms with van der Waals surface area (Å²) in [6.45, 7) is 3.74. The Balaban J connectivity index is 3.10. The van der Waals surface area contributed by atoms with E-state index < -0.39 is 17.6 Å². The van der Waals surface area contributed by atoms with E-state index in [1.54, 1.807) is 0 Å². The van der Waals surface area contributed by atoms with Gasteiger partial charge in [0.2, 0.25) is 0 Å². The Morgan fingerprint density at radius 1 is 1.15 bits per heavy atom. The number of alkyl halides is 3. The highest BCUT2D eigenvalue weighted by atomic mass is 19.4. The summed E-state index contributed by atoms with van der Waals surface area (Å²) in [5.74, 6) is -0.929. The molecular formula is C14H16F4N2. The van der Waals surface area contributed by atoms with Crippen LogP contribution in [0.2, 0.25) is 0 Å². The van der Waals surface area contributed by atoms with Gasteiger partial charge in [-0.25, -0.2) is 4.39 Å². The maximum atomic E-state index is 13.6. The fraction of sp³-hybridized carbons (Fsp3) is 0.286. The lowest BCUT2D eigenvalue weighted by molar-refractivity contribution is -0.137. The molecule has 0 saturated heterocycles. The first-order valence-electron chi connectivity index (χ1n) is 5.93. The molecule has 0 amide bonds. The van der Waals surface area contributed by atoms with E-state index in [0.29, 0.717) is 11.8 Å². The summed E-state index contributed by atoms with van der Waals surface area (Å²) in [6, 6.07) is 2.21. The number of halogens is 4. The van der Waals surface area contributed by atoms with Gasteiger partial charge in [0.1, 0.15) is 5.82 Å². The largest absolute Gasteiger partial charge is 0.416 e. The summed E-state index contributed by atoms with van der Waals surface area (Å²) >= 11 is 0. The Hall–Kier alpha value is -1.98. The Morgan fingerprint density at radius 3 is 2.20 bits per heavy atom. The number of benzene rings is 1. The lowest BCUT2D eigenvalue weighted by Crippen LogP contribution is -2.08. The average molecular weight is 288 g/mol. The molecule has 2 nitrogen and oxygen atoms in total. The van der Waals surface area contributed by atoms with E-state index in [0.717, 1.165) is 12.1 Å². The monoisotopic (exact) mass is 288 g/mol. The van der Waals surface area contributed by atoms with Gasteiger partial charge in [-0.1, -0.05) is 13.8 Å². The van der Waals surface area contributed by atoms with Crippen LogP contribution in [-0.4, -0.2) is 0 Å². The molecule has 110 valence electrons. The summed E-state index contributed by atoms with van der Waals surface area (Å²) in [4.78, 5) is 0. The maximum absolute atomic E-state index is 13.6. The first kappa shape index (κ1) is 16.1. The van der Waals surface area contributed by atoms with Crippen molar-refractivity contribution in [3.05, 3.63) is 53.0 Å². The van der Waals surface area contributed by atoms with E-state index >= 15 is 0 Å². The third kappa shape index (κ3) is 4.01. The molecule has 0 aliphatic carbocycles. The average Bonchev–Trinajstić information content (AvgIpc) is 2.34. The van der Waals surface area contributed by atoms with Gasteiger partial charge >= 0.3 is 6.18 Å². The van der Waals surface area contributed by atoms with Crippen molar-refractivity contribution in [1.29, 1.82) is 0 Å². The Bertz CT molecular complexity index is 543. The van der Waals surface area contributed by atoms with Gasteiger partial charge in [-0.05, 0) is 36.3 Å². The topological polar surface area (TPSA) is 52.0 Å². The molecule has 0 aliphatic rings. The minimum absolute atomic E-state index is 0.0137. The van der Waals surface area contributed by atoms with Crippen LogP contribution < -0.4 is 11.5 Å². The van der Waals surface area contributed by atoms with Crippen LogP contribution in [0.1, 0.15) is 25.0 Å². The van der Waals surface area contributed by atoms with Crippen LogP contribution in [0.4, 0.5) is 17.6 Å². The number of hydrogen-bond acceptors (Lipinski definition) is 2. The molecule has 1 aromatic carbocycles. The molecule has 1 aromatic rings. The highest BCUT2D eigenvalue weighted by molar-refractivity contribution is 5.65. The zero-order valence-corrected chi connectivity index (χ0v) is 11.1.